The van der Waals surface area contributed by atoms with Crippen molar-refractivity contribution in [2.45, 2.75) is 24.6 Å². The summed E-state index contributed by atoms with van der Waals surface area (Å²) in [6.07, 6.45) is 1.13. The fourth-order valence-electron chi connectivity index (χ4n) is 2.42. The molecule has 1 fully saturated rings. The van der Waals surface area contributed by atoms with Gasteiger partial charge in [0.05, 0.1) is 5.75 Å². The maximum Gasteiger partial charge on any atom is 0.235 e. The van der Waals surface area contributed by atoms with Crippen LogP contribution in [0.3, 0.4) is 0 Å². The van der Waals surface area contributed by atoms with Crippen LogP contribution in [0.25, 0.3) is 0 Å². The predicted octanol–water partition coefficient (Wildman–Crippen LogP) is 0.100. The third kappa shape index (κ3) is 3.58. The second-order valence-corrected chi connectivity index (χ2v) is 7.35. The monoisotopic (exact) mass is 327 g/mol. The molecule has 1 aliphatic rings. The first-order valence-corrected chi connectivity index (χ1v) is 8.50. The number of thiocarbonyl (C=S) groups is 1. The van der Waals surface area contributed by atoms with Gasteiger partial charge >= 0.3 is 0 Å². The molecule has 0 radical (unpaired) electrons. The molecule has 1 unspecified atom stereocenters. The van der Waals surface area contributed by atoms with Crippen LogP contribution in [-0.2, 0) is 20.6 Å². The summed E-state index contributed by atoms with van der Waals surface area (Å²) in [5.41, 5.74) is 12.1. The van der Waals surface area contributed by atoms with Crippen LogP contribution in [0, 0.1) is 0 Å². The number of amides is 1. The lowest BCUT2D eigenvalue weighted by Gasteiger charge is -2.21. The standard InChI is InChI=1S/C13H17N3O3S2/c14-12(17)11-2-1-7-16(11)21(18,19)8-9-3-5-10(6-4-9)13(15)20/h3-6,11H,1-2,7-8H2,(H2,14,17)(H2,15,20). The number of carbonyl (C=O) groups excluding carboxylic acids is 1. The lowest BCUT2D eigenvalue weighted by molar-refractivity contribution is -0.121. The molecule has 1 saturated heterocycles. The minimum absolute atomic E-state index is 0.172. The molecule has 0 bridgehead atoms. The van der Waals surface area contributed by atoms with Crippen LogP contribution >= 0.6 is 12.2 Å². The average Bonchev–Trinajstić information content (AvgIpc) is 2.89. The van der Waals surface area contributed by atoms with Crippen molar-refractivity contribution in [3.05, 3.63) is 35.4 Å². The third-order valence-electron chi connectivity index (χ3n) is 3.48. The Morgan fingerprint density at radius 2 is 1.90 bits per heavy atom. The molecule has 0 spiro atoms. The molecule has 6 nitrogen and oxygen atoms in total. The molecular weight excluding hydrogens is 310 g/mol. The number of nitrogens with two attached hydrogens (primary N) is 2. The number of nitrogens with zero attached hydrogens (tertiary/aromatic N) is 1. The van der Waals surface area contributed by atoms with Crippen molar-refractivity contribution < 1.29 is 13.2 Å². The Morgan fingerprint density at radius 1 is 1.29 bits per heavy atom. The van der Waals surface area contributed by atoms with Gasteiger partial charge in [0.1, 0.15) is 11.0 Å². The first-order valence-electron chi connectivity index (χ1n) is 6.49. The van der Waals surface area contributed by atoms with Gasteiger partial charge in [-0.15, -0.1) is 0 Å². The Balaban J connectivity index is 2.17. The van der Waals surface area contributed by atoms with E-state index < -0.39 is 22.0 Å². The summed E-state index contributed by atoms with van der Waals surface area (Å²) in [6.45, 7) is 0.334. The topological polar surface area (TPSA) is 106 Å². The molecule has 1 amide bonds. The summed E-state index contributed by atoms with van der Waals surface area (Å²) < 4.78 is 26.0. The zero-order chi connectivity index (χ0) is 15.6. The smallest absolute Gasteiger partial charge is 0.235 e. The summed E-state index contributed by atoms with van der Waals surface area (Å²) in [5, 5.41) is 0. The van der Waals surface area contributed by atoms with Gasteiger partial charge in [0.15, 0.2) is 0 Å². The van der Waals surface area contributed by atoms with Gasteiger partial charge in [0, 0.05) is 12.1 Å². The van der Waals surface area contributed by atoms with E-state index in [2.05, 4.69) is 0 Å². The van der Waals surface area contributed by atoms with Crippen molar-refractivity contribution >= 4 is 33.1 Å². The molecule has 8 heteroatoms. The highest BCUT2D eigenvalue weighted by Gasteiger charge is 2.37. The van der Waals surface area contributed by atoms with Crippen LogP contribution in [0.5, 0.6) is 0 Å². The van der Waals surface area contributed by atoms with Gasteiger partial charge in [0.2, 0.25) is 15.9 Å². The molecule has 114 valence electrons. The number of benzene rings is 1. The summed E-state index contributed by atoms with van der Waals surface area (Å²) >= 11 is 4.85. The summed E-state index contributed by atoms with van der Waals surface area (Å²) in [7, 11) is -3.57. The van der Waals surface area contributed by atoms with Crippen LogP contribution in [0.4, 0.5) is 0 Å². The van der Waals surface area contributed by atoms with Crippen molar-refractivity contribution in [2.75, 3.05) is 6.54 Å². The Hall–Kier alpha value is -1.51. The van der Waals surface area contributed by atoms with Gasteiger partial charge in [-0.25, -0.2) is 8.42 Å². The second-order valence-electron chi connectivity index (χ2n) is 4.99. The van der Waals surface area contributed by atoms with E-state index in [-0.39, 0.29) is 10.7 Å². The molecule has 1 aromatic carbocycles. The highest BCUT2D eigenvalue weighted by atomic mass is 32.2. The molecule has 0 aromatic heterocycles. The molecule has 4 N–H and O–H groups in total. The Labute approximate surface area is 129 Å². The van der Waals surface area contributed by atoms with Gasteiger partial charge in [-0.1, -0.05) is 36.5 Å². The van der Waals surface area contributed by atoms with E-state index in [0.717, 1.165) is 0 Å². The van der Waals surface area contributed by atoms with E-state index in [1.54, 1.807) is 24.3 Å². The first kappa shape index (κ1) is 15.9. The van der Waals surface area contributed by atoms with E-state index >= 15 is 0 Å². The number of hydrogen-bond donors (Lipinski definition) is 2. The second kappa shape index (κ2) is 6.08. The van der Waals surface area contributed by atoms with Crippen LogP contribution in [0.15, 0.2) is 24.3 Å². The maximum atomic E-state index is 12.4. The van der Waals surface area contributed by atoms with Gasteiger partial charge < -0.3 is 11.5 Å². The van der Waals surface area contributed by atoms with E-state index in [4.69, 9.17) is 23.7 Å². The van der Waals surface area contributed by atoms with Crippen molar-refractivity contribution in [2.24, 2.45) is 11.5 Å². The minimum Gasteiger partial charge on any atom is -0.389 e. The molecule has 1 heterocycles. The highest BCUT2D eigenvalue weighted by molar-refractivity contribution is 7.88. The summed E-state index contributed by atoms with van der Waals surface area (Å²) in [6, 6.07) is 5.97. The summed E-state index contributed by atoms with van der Waals surface area (Å²) in [5.74, 6) is -0.770. The minimum atomic E-state index is -3.57. The lowest BCUT2D eigenvalue weighted by Crippen LogP contribution is -2.44. The molecule has 0 saturated carbocycles. The van der Waals surface area contributed by atoms with Crippen molar-refractivity contribution in [3.8, 4) is 0 Å². The fourth-order valence-corrected chi connectivity index (χ4v) is 4.34. The molecular formula is C13H17N3O3S2. The predicted molar refractivity (Wildman–Crippen MR) is 83.9 cm³/mol. The Morgan fingerprint density at radius 3 is 2.43 bits per heavy atom. The number of primary amides is 1. The largest absolute Gasteiger partial charge is 0.389 e. The maximum absolute atomic E-state index is 12.4. The van der Waals surface area contributed by atoms with Gasteiger partial charge in [-0.3, -0.25) is 4.79 Å². The molecule has 1 atom stereocenters. The molecule has 21 heavy (non-hydrogen) atoms. The SMILES string of the molecule is NC(=O)C1CCCN1S(=O)(=O)Cc1ccc(C(N)=S)cc1. The number of sulfonamides is 1. The fraction of sp³-hybridized carbons (Fsp3) is 0.385. The van der Waals surface area contributed by atoms with Crippen LogP contribution in [0.1, 0.15) is 24.0 Å². The first-order chi connectivity index (χ1) is 9.81. The zero-order valence-electron chi connectivity index (χ0n) is 11.4. The van der Waals surface area contributed by atoms with Crippen LogP contribution in [0.2, 0.25) is 0 Å². The lowest BCUT2D eigenvalue weighted by atomic mass is 10.1. The zero-order valence-corrected chi connectivity index (χ0v) is 13.0. The van der Waals surface area contributed by atoms with E-state index in [1.807, 2.05) is 0 Å². The average molecular weight is 327 g/mol. The van der Waals surface area contributed by atoms with Crippen LogP contribution < -0.4 is 11.5 Å². The number of carbonyl (C=O) groups is 1. The third-order valence-corrected chi connectivity index (χ3v) is 5.56. The molecule has 1 aliphatic heterocycles. The Bertz CT molecular complexity index is 656. The quantitative estimate of drug-likeness (QED) is 0.746. The van der Waals surface area contributed by atoms with Crippen molar-refractivity contribution in [1.82, 2.24) is 4.31 Å². The van der Waals surface area contributed by atoms with Gasteiger partial charge in [-0.05, 0) is 18.4 Å². The number of hydrogen-bond acceptors (Lipinski definition) is 4. The van der Waals surface area contributed by atoms with Crippen molar-refractivity contribution in [3.63, 3.8) is 0 Å². The van der Waals surface area contributed by atoms with E-state index in [0.29, 0.717) is 30.5 Å². The summed E-state index contributed by atoms with van der Waals surface area (Å²) in [4.78, 5) is 11.6. The Kier molecular flexibility index (Phi) is 4.60. The molecule has 1 aromatic rings. The van der Waals surface area contributed by atoms with Crippen LogP contribution in [-0.4, -0.2) is 36.2 Å². The van der Waals surface area contributed by atoms with Crippen molar-refractivity contribution in [1.29, 1.82) is 0 Å². The van der Waals surface area contributed by atoms with Gasteiger partial charge in [-0.2, -0.15) is 4.31 Å². The van der Waals surface area contributed by atoms with Gasteiger partial charge in [0.25, 0.3) is 0 Å². The van der Waals surface area contributed by atoms with E-state index in [1.165, 1.54) is 4.31 Å². The van der Waals surface area contributed by atoms with E-state index in [9.17, 15) is 13.2 Å². The number of rotatable bonds is 5. The molecule has 2 rings (SSSR count). The molecule has 0 aliphatic carbocycles. The highest BCUT2D eigenvalue weighted by Crippen LogP contribution is 2.23. The normalized spacial score (nSPS) is 19.5.